The molecule has 156 valence electrons. The van der Waals surface area contributed by atoms with E-state index in [0.717, 1.165) is 60.9 Å². The van der Waals surface area contributed by atoms with E-state index in [4.69, 9.17) is 16.6 Å². The van der Waals surface area contributed by atoms with E-state index in [1.807, 2.05) is 53.1 Å². The van der Waals surface area contributed by atoms with Crippen LogP contribution in [-0.2, 0) is 6.54 Å². The third-order valence-corrected chi connectivity index (χ3v) is 5.45. The van der Waals surface area contributed by atoms with Crippen molar-refractivity contribution in [1.82, 2.24) is 25.0 Å². The minimum absolute atomic E-state index is 0.460. The molecule has 0 amide bonds. The highest BCUT2D eigenvalue weighted by Gasteiger charge is 2.21. The van der Waals surface area contributed by atoms with Gasteiger partial charge in [-0.1, -0.05) is 41.9 Å². The van der Waals surface area contributed by atoms with Gasteiger partial charge in [0.25, 0.3) is 0 Å². The number of aromatic nitrogens is 3. The SMILES string of the molecule is CCNC(=NCc1nncn1-c1ccccc1)N1CCN(c2ccccc2Cl)CC1. The Morgan fingerprint density at radius 1 is 1.03 bits per heavy atom. The number of nitrogens with one attached hydrogen (secondary N) is 1. The van der Waals surface area contributed by atoms with Crippen LogP contribution in [0.25, 0.3) is 5.69 Å². The van der Waals surface area contributed by atoms with Gasteiger partial charge in [-0.05, 0) is 31.2 Å². The van der Waals surface area contributed by atoms with Crippen LogP contribution >= 0.6 is 11.6 Å². The van der Waals surface area contributed by atoms with Gasteiger partial charge in [0.15, 0.2) is 11.8 Å². The molecule has 2 aromatic carbocycles. The molecule has 0 unspecified atom stereocenters. The molecule has 7 nitrogen and oxygen atoms in total. The number of benzene rings is 2. The molecule has 1 aliphatic heterocycles. The zero-order valence-corrected chi connectivity index (χ0v) is 17.8. The van der Waals surface area contributed by atoms with Crippen LogP contribution in [0.2, 0.25) is 5.02 Å². The summed E-state index contributed by atoms with van der Waals surface area (Å²) in [6, 6.07) is 18.1. The molecule has 4 rings (SSSR count). The van der Waals surface area contributed by atoms with Gasteiger partial charge >= 0.3 is 0 Å². The molecule has 1 fully saturated rings. The lowest BCUT2D eigenvalue weighted by Gasteiger charge is -2.38. The first-order valence-electron chi connectivity index (χ1n) is 10.2. The highest BCUT2D eigenvalue weighted by atomic mass is 35.5. The second-order valence-electron chi connectivity index (χ2n) is 7.05. The summed E-state index contributed by atoms with van der Waals surface area (Å²) in [7, 11) is 0. The molecule has 3 aromatic rings. The van der Waals surface area contributed by atoms with Crippen LogP contribution in [0.5, 0.6) is 0 Å². The van der Waals surface area contributed by atoms with Crippen LogP contribution in [0.4, 0.5) is 5.69 Å². The third kappa shape index (κ3) is 4.57. The molecular formula is C22H26ClN7. The number of aliphatic imine (C=N–C) groups is 1. The number of hydrogen-bond donors (Lipinski definition) is 1. The van der Waals surface area contributed by atoms with Crippen LogP contribution in [0.1, 0.15) is 12.7 Å². The Bertz CT molecular complexity index is 978. The number of anilines is 1. The first-order valence-corrected chi connectivity index (χ1v) is 10.6. The van der Waals surface area contributed by atoms with Gasteiger partial charge in [-0.15, -0.1) is 10.2 Å². The largest absolute Gasteiger partial charge is 0.367 e. The number of para-hydroxylation sites is 2. The molecule has 0 aliphatic carbocycles. The van der Waals surface area contributed by atoms with Gasteiger partial charge in [-0.3, -0.25) is 4.57 Å². The molecule has 0 spiro atoms. The third-order valence-electron chi connectivity index (χ3n) is 5.13. The second-order valence-corrected chi connectivity index (χ2v) is 7.46. The lowest BCUT2D eigenvalue weighted by molar-refractivity contribution is 0.372. The van der Waals surface area contributed by atoms with E-state index < -0.39 is 0 Å². The van der Waals surface area contributed by atoms with E-state index >= 15 is 0 Å². The molecule has 0 atom stereocenters. The molecule has 1 aromatic heterocycles. The van der Waals surface area contributed by atoms with Gasteiger partial charge in [0, 0.05) is 38.4 Å². The lowest BCUT2D eigenvalue weighted by atomic mass is 10.2. The predicted molar refractivity (Wildman–Crippen MR) is 121 cm³/mol. The Morgan fingerprint density at radius 2 is 1.77 bits per heavy atom. The normalized spacial score (nSPS) is 14.8. The number of halogens is 1. The van der Waals surface area contributed by atoms with E-state index in [1.165, 1.54) is 0 Å². The highest BCUT2D eigenvalue weighted by Crippen LogP contribution is 2.26. The fraction of sp³-hybridized carbons (Fsp3) is 0.318. The molecule has 0 saturated carbocycles. The van der Waals surface area contributed by atoms with E-state index in [1.54, 1.807) is 6.33 Å². The summed E-state index contributed by atoms with van der Waals surface area (Å²) in [4.78, 5) is 9.46. The fourth-order valence-electron chi connectivity index (χ4n) is 3.61. The average Bonchev–Trinajstić information content (AvgIpc) is 3.26. The van der Waals surface area contributed by atoms with Crippen molar-refractivity contribution in [2.24, 2.45) is 4.99 Å². The topological polar surface area (TPSA) is 61.6 Å². The van der Waals surface area contributed by atoms with E-state index in [0.29, 0.717) is 6.54 Å². The molecule has 0 bridgehead atoms. The second kappa shape index (κ2) is 9.63. The monoisotopic (exact) mass is 423 g/mol. The van der Waals surface area contributed by atoms with Crippen molar-refractivity contribution in [2.75, 3.05) is 37.6 Å². The summed E-state index contributed by atoms with van der Waals surface area (Å²) >= 11 is 6.37. The predicted octanol–water partition coefficient (Wildman–Crippen LogP) is 3.21. The first kappa shape index (κ1) is 20.2. The standard InChI is InChI=1S/C22H26ClN7/c1-2-24-22(25-16-21-27-26-17-30(21)18-8-4-3-5-9-18)29-14-12-28(13-15-29)20-11-7-6-10-19(20)23/h3-11,17H,2,12-16H2,1H3,(H,24,25). The van der Waals surface area contributed by atoms with Gasteiger partial charge in [0.2, 0.25) is 0 Å². The summed E-state index contributed by atoms with van der Waals surface area (Å²) in [6.45, 7) is 6.91. The van der Waals surface area contributed by atoms with Crippen molar-refractivity contribution in [3.8, 4) is 5.69 Å². The maximum atomic E-state index is 6.37. The van der Waals surface area contributed by atoms with Crippen molar-refractivity contribution < 1.29 is 0 Å². The molecular weight excluding hydrogens is 398 g/mol. The van der Waals surface area contributed by atoms with Crippen molar-refractivity contribution in [2.45, 2.75) is 13.5 Å². The Kier molecular flexibility index (Phi) is 6.49. The molecule has 1 saturated heterocycles. The number of guanidine groups is 1. The zero-order valence-electron chi connectivity index (χ0n) is 17.1. The number of piperazine rings is 1. The highest BCUT2D eigenvalue weighted by molar-refractivity contribution is 6.33. The summed E-state index contributed by atoms with van der Waals surface area (Å²) in [5.74, 6) is 1.71. The summed E-state index contributed by atoms with van der Waals surface area (Å²) < 4.78 is 1.97. The fourth-order valence-corrected chi connectivity index (χ4v) is 3.87. The van der Waals surface area contributed by atoms with Crippen molar-refractivity contribution >= 4 is 23.2 Å². The Labute approximate surface area is 182 Å². The molecule has 1 N–H and O–H groups in total. The van der Waals surface area contributed by atoms with E-state index in [2.05, 4.69) is 38.3 Å². The average molecular weight is 424 g/mol. The summed E-state index contributed by atoms with van der Waals surface area (Å²) in [6.07, 6.45) is 1.73. The van der Waals surface area contributed by atoms with Crippen LogP contribution in [-0.4, -0.2) is 58.3 Å². The maximum absolute atomic E-state index is 6.37. The number of hydrogen-bond acceptors (Lipinski definition) is 4. The lowest BCUT2D eigenvalue weighted by Crippen LogP contribution is -2.52. The van der Waals surface area contributed by atoms with Crippen molar-refractivity contribution in [3.05, 3.63) is 71.8 Å². The van der Waals surface area contributed by atoms with Crippen LogP contribution in [0.3, 0.4) is 0 Å². The van der Waals surface area contributed by atoms with E-state index in [9.17, 15) is 0 Å². The van der Waals surface area contributed by atoms with Gasteiger partial charge < -0.3 is 15.1 Å². The smallest absolute Gasteiger partial charge is 0.194 e. The van der Waals surface area contributed by atoms with E-state index in [-0.39, 0.29) is 0 Å². The van der Waals surface area contributed by atoms with Gasteiger partial charge in [-0.2, -0.15) is 0 Å². The Balaban J connectivity index is 1.44. The number of rotatable bonds is 5. The Hall–Kier alpha value is -3.06. The van der Waals surface area contributed by atoms with Crippen LogP contribution in [0.15, 0.2) is 65.9 Å². The summed E-state index contributed by atoms with van der Waals surface area (Å²) in [5, 5.41) is 12.6. The molecule has 8 heteroatoms. The van der Waals surface area contributed by atoms with Gasteiger partial charge in [0.1, 0.15) is 12.9 Å². The van der Waals surface area contributed by atoms with Gasteiger partial charge in [0.05, 0.1) is 10.7 Å². The quantitative estimate of drug-likeness (QED) is 0.504. The maximum Gasteiger partial charge on any atom is 0.194 e. The minimum atomic E-state index is 0.460. The summed E-state index contributed by atoms with van der Waals surface area (Å²) in [5.41, 5.74) is 2.13. The molecule has 0 radical (unpaired) electrons. The zero-order chi connectivity index (χ0) is 20.8. The minimum Gasteiger partial charge on any atom is -0.367 e. The van der Waals surface area contributed by atoms with Crippen molar-refractivity contribution in [3.63, 3.8) is 0 Å². The Morgan fingerprint density at radius 3 is 2.50 bits per heavy atom. The first-order chi connectivity index (χ1) is 14.8. The van der Waals surface area contributed by atoms with Gasteiger partial charge in [-0.25, -0.2) is 4.99 Å². The van der Waals surface area contributed by atoms with Crippen LogP contribution < -0.4 is 10.2 Å². The van der Waals surface area contributed by atoms with Crippen LogP contribution in [0, 0.1) is 0 Å². The number of nitrogens with zero attached hydrogens (tertiary/aromatic N) is 6. The van der Waals surface area contributed by atoms with Crippen molar-refractivity contribution in [1.29, 1.82) is 0 Å². The molecule has 1 aliphatic rings. The molecule has 2 heterocycles. The molecule has 30 heavy (non-hydrogen) atoms.